The number of ether oxygens (including phenoxy) is 1. The maximum atomic E-state index is 11.9. The second-order valence-electron chi connectivity index (χ2n) is 6.86. The second kappa shape index (κ2) is 9.65. The van der Waals surface area contributed by atoms with E-state index < -0.39 is 29.6 Å². The third-order valence-electron chi connectivity index (χ3n) is 3.26. The van der Waals surface area contributed by atoms with Crippen LogP contribution in [-0.4, -0.2) is 46.4 Å². The van der Waals surface area contributed by atoms with Gasteiger partial charge in [0.05, 0.1) is 0 Å². The lowest BCUT2D eigenvalue weighted by Crippen LogP contribution is -2.42. The molecule has 144 valence electrons. The summed E-state index contributed by atoms with van der Waals surface area (Å²) in [5, 5.41) is 23.5. The minimum absolute atomic E-state index is 0.0785. The van der Waals surface area contributed by atoms with Crippen LogP contribution in [0.5, 0.6) is 5.75 Å². The number of benzene rings is 1. The van der Waals surface area contributed by atoms with Gasteiger partial charge >= 0.3 is 12.1 Å². The molecule has 26 heavy (non-hydrogen) atoms. The summed E-state index contributed by atoms with van der Waals surface area (Å²) in [7, 11) is 0. The number of carbonyl (C=O) groups excluding carboxylic acids is 2. The Morgan fingerprint density at radius 2 is 1.77 bits per heavy atom. The fraction of sp³-hybridized carbons (Fsp3) is 0.500. The molecule has 8 heteroatoms. The van der Waals surface area contributed by atoms with Crippen LogP contribution >= 0.6 is 0 Å². The number of carboxylic acids is 1. The molecule has 1 rings (SSSR count). The number of carboxylic acid groups (broad SMARTS) is 1. The number of nitrogens with one attached hydrogen (secondary N) is 2. The van der Waals surface area contributed by atoms with Gasteiger partial charge in [0.25, 0.3) is 0 Å². The number of hydrogen-bond donors (Lipinski definition) is 4. The molecule has 1 aromatic carbocycles. The molecule has 0 aliphatic rings. The summed E-state index contributed by atoms with van der Waals surface area (Å²) in [6.45, 7) is 5.50. The normalized spacial score (nSPS) is 12.1. The van der Waals surface area contributed by atoms with Gasteiger partial charge in [-0.1, -0.05) is 12.1 Å². The quantitative estimate of drug-likeness (QED) is 0.520. The fourth-order valence-corrected chi connectivity index (χ4v) is 2.09. The average Bonchev–Trinajstić information content (AvgIpc) is 2.51. The molecular weight excluding hydrogens is 340 g/mol. The molecule has 0 heterocycles. The van der Waals surface area contributed by atoms with Gasteiger partial charge in [-0.05, 0) is 44.9 Å². The summed E-state index contributed by atoms with van der Waals surface area (Å²) in [6.07, 6.45) is -0.0165. The van der Waals surface area contributed by atoms with Crippen LogP contribution in [0.1, 0.15) is 39.2 Å². The van der Waals surface area contributed by atoms with E-state index in [0.717, 1.165) is 0 Å². The molecule has 0 bridgehead atoms. The Bertz CT molecular complexity index is 622. The van der Waals surface area contributed by atoms with Crippen LogP contribution in [0.15, 0.2) is 24.3 Å². The van der Waals surface area contributed by atoms with Gasteiger partial charge in [0.2, 0.25) is 5.91 Å². The maximum absolute atomic E-state index is 11.9. The van der Waals surface area contributed by atoms with Crippen LogP contribution in [0, 0.1) is 0 Å². The van der Waals surface area contributed by atoms with Gasteiger partial charge in [-0.2, -0.15) is 0 Å². The summed E-state index contributed by atoms with van der Waals surface area (Å²) >= 11 is 0. The number of phenols is 1. The van der Waals surface area contributed by atoms with E-state index in [1.165, 1.54) is 12.1 Å². The minimum atomic E-state index is -1.14. The highest BCUT2D eigenvalue weighted by molar-refractivity contribution is 5.83. The van der Waals surface area contributed by atoms with Crippen LogP contribution in [0.25, 0.3) is 0 Å². The SMILES string of the molecule is CC(C)(C)OC(=O)NCCCC(=O)N[C@@H](Cc1ccc(O)cc1)C(=O)O. The third kappa shape index (κ3) is 8.91. The van der Waals surface area contributed by atoms with E-state index in [9.17, 15) is 24.6 Å². The van der Waals surface area contributed by atoms with E-state index in [1.54, 1.807) is 32.9 Å². The lowest BCUT2D eigenvalue weighted by atomic mass is 10.1. The van der Waals surface area contributed by atoms with Crippen molar-refractivity contribution in [2.24, 2.45) is 0 Å². The summed E-state index contributed by atoms with van der Waals surface area (Å²) in [5.74, 6) is -1.47. The molecule has 0 aromatic heterocycles. The molecule has 0 aliphatic carbocycles. The molecule has 0 radical (unpaired) electrons. The van der Waals surface area contributed by atoms with Gasteiger partial charge in [0, 0.05) is 19.4 Å². The van der Waals surface area contributed by atoms with Gasteiger partial charge in [-0.15, -0.1) is 0 Å². The Labute approximate surface area is 152 Å². The van der Waals surface area contributed by atoms with Gasteiger partial charge in [-0.3, -0.25) is 4.79 Å². The largest absolute Gasteiger partial charge is 0.508 e. The van der Waals surface area contributed by atoms with Crippen molar-refractivity contribution in [2.75, 3.05) is 6.54 Å². The van der Waals surface area contributed by atoms with Crippen molar-refractivity contribution in [3.05, 3.63) is 29.8 Å². The highest BCUT2D eigenvalue weighted by atomic mass is 16.6. The fourth-order valence-electron chi connectivity index (χ4n) is 2.09. The zero-order valence-electron chi connectivity index (χ0n) is 15.2. The zero-order valence-corrected chi connectivity index (χ0v) is 15.2. The molecule has 0 saturated carbocycles. The molecular formula is C18H26N2O6. The van der Waals surface area contributed by atoms with Crippen molar-refractivity contribution in [3.63, 3.8) is 0 Å². The molecule has 0 aliphatic heterocycles. The number of amides is 2. The smallest absolute Gasteiger partial charge is 0.407 e. The predicted octanol–water partition coefficient (Wildman–Crippen LogP) is 1.81. The summed E-state index contributed by atoms with van der Waals surface area (Å²) in [4.78, 5) is 34.7. The van der Waals surface area contributed by atoms with Crippen molar-refractivity contribution in [1.82, 2.24) is 10.6 Å². The summed E-state index contributed by atoms with van der Waals surface area (Å²) < 4.78 is 5.07. The van der Waals surface area contributed by atoms with Crippen LogP contribution in [0.2, 0.25) is 0 Å². The highest BCUT2D eigenvalue weighted by Gasteiger charge is 2.20. The Hall–Kier alpha value is -2.77. The Balaban J connectivity index is 2.37. The number of phenolic OH excluding ortho intramolecular Hbond substituents is 1. The van der Waals surface area contributed by atoms with Gasteiger partial charge < -0.3 is 25.6 Å². The summed E-state index contributed by atoms with van der Waals surface area (Å²) in [5.41, 5.74) is 0.0896. The second-order valence-corrected chi connectivity index (χ2v) is 6.86. The molecule has 0 unspecified atom stereocenters. The number of hydrogen-bond acceptors (Lipinski definition) is 5. The maximum Gasteiger partial charge on any atom is 0.407 e. The van der Waals surface area contributed by atoms with Crippen molar-refractivity contribution in [1.29, 1.82) is 0 Å². The molecule has 1 atom stereocenters. The molecule has 0 saturated heterocycles. The van der Waals surface area contributed by atoms with Crippen LogP contribution in [-0.2, 0) is 20.7 Å². The van der Waals surface area contributed by atoms with E-state index in [4.69, 9.17) is 4.74 Å². The molecule has 0 fully saturated rings. The van der Waals surface area contributed by atoms with E-state index in [-0.39, 0.29) is 25.1 Å². The van der Waals surface area contributed by atoms with Crippen molar-refractivity contribution in [2.45, 2.75) is 51.7 Å². The first-order valence-electron chi connectivity index (χ1n) is 8.34. The minimum Gasteiger partial charge on any atom is -0.508 e. The van der Waals surface area contributed by atoms with Gasteiger partial charge in [-0.25, -0.2) is 9.59 Å². The Kier molecular flexibility index (Phi) is 7.89. The molecule has 8 nitrogen and oxygen atoms in total. The third-order valence-corrected chi connectivity index (χ3v) is 3.26. The number of rotatable bonds is 8. The average molecular weight is 366 g/mol. The lowest BCUT2D eigenvalue weighted by molar-refractivity contribution is -0.141. The monoisotopic (exact) mass is 366 g/mol. The van der Waals surface area contributed by atoms with E-state index in [0.29, 0.717) is 12.0 Å². The van der Waals surface area contributed by atoms with Crippen molar-refractivity contribution in [3.8, 4) is 5.75 Å². The van der Waals surface area contributed by atoms with E-state index in [1.807, 2.05) is 0 Å². The number of aliphatic carboxylic acids is 1. The van der Waals surface area contributed by atoms with E-state index >= 15 is 0 Å². The number of aromatic hydroxyl groups is 1. The van der Waals surface area contributed by atoms with E-state index in [2.05, 4.69) is 10.6 Å². The topological polar surface area (TPSA) is 125 Å². The van der Waals surface area contributed by atoms with Crippen molar-refractivity contribution >= 4 is 18.0 Å². The molecule has 2 amide bonds. The molecule has 4 N–H and O–H groups in total. The van der Waals surface area contributed by atoms with Crippen LogP contribution < -0.4 is 10.6 Å². The predicted molar refractivity (Wildman–Crippen MR) is 94.8 cm³/mol. The zero-order chi connectivity index (χ0) is 19.7. The number of carbonyl (C=O) groups is 3. The molecule has 1 aromatic rings. The lowest BCUT2D eigenvalue weighted by Gasteiger charge is -2.19. The Morgan fingerprint density at radius 1 is 1.15 bits per heavy atom. The number of alkyl carbamates (subject to hydrolysis) is 1. The van der Waals surface area contributed by atoms with Crippen molar-refractivity contribution < 1.29 is 29.3 Å². The van der Waals surface area contributed by atoms with Gasteiger partial charge in [0.1, 0.15) is 17.4 Å². The van der Waals surface area contributed by atoms with Crippen LogP contribution in [0.4, 0.5) is 4.79 Å². The first-order valence-corrected chi connectivity index (χ1v) is 8.34. The highest BCUT2D eigenvalue weighted by Crippen LogP contribution is 2.11. The summed E-state index contributed by atoms with van der Waals surface area (Å²) in [6, 6.07) is 5.05. The van der Waals surface area contributed by atoms with Crippen LogP contribution in [0.3, 0.4) is 0 Å². The standard InChI is InChI=1S/C18H26N2O6/c1-18(2,3)26-17(25)19-10-4-5-15(22)20-14(16(23)24)11-12-6-8-13(21)9-7-12/h6-9,14,21H,4-5,10-11H2,1-3H3,(H,19,25)(H,20,22)(H,23,24)/t14-/m0/s1. The van der Waals surface area contributed by atoms with Gasteiger partial charge in [0.15, 0.2) is 0 Å². The Morgan fingerprint density at radius 3 is 2.31 bits per heavy atom. The first-order chi connectivity index (χ1) is 12.1. The molecule has 0 spiro atoms. The first kappa shape index (κ1) is 21.3.